The number of nitrogens with zero attached hydrogens (tertiary/aromatic N) is 4. The molecule has 1 saturated heterocycles. The maximum absolute atomic E-state index is 15.0. The lowest BCUT2D eigenvalue weighted by Gasteiger charge is -2.35. The summed E-state index contributed by atoms with van der Waals surface area (Å²) in [6.07, 6.45) is 4.32. The SMILES string of the molecule is C=CC(=O)Nc1cc(N2CCN(CC)CC2)ccc1Nc1cc2cnc(-c3c(F)c(OC)cc(OC)c3F)cc2cn1. The van der Waals surface area contributed by atoms with E-state index in [9.17, 15) is 4.79 Å². The van der Waals surface area contributed by atoms with E-state index in [1.165, 1.54) is 26.5 Å². The minimum Gasteiger partial charge on any atom is -0.494 e. The highest BCUT2D eigenvalue weighted by Crippen LogP contribution is 2.38. The summed E-state index contributed by atoms with van der Waals surface area (Å²) in [5, 5.41) is 7.46. The predicted octanol–water partition coefficient (Wildman–Crippen LogP) is 5.60. The summed E-state index contributed by atoms with van der Waals surface area (Å²) in [6.45, 7) is 10.5. The molecule has 0 spiro atoms. The molecule has 0 unspecified atom stereocenters. The standard InChI is InChI=1S/C31H32F2N6O3/c1-5-28(40)37-23-15-21(39-11-9-38(6-2)10-12-39)7-8-22(23)36-27-14-20-17-34-24(13-19(20)18-35-27)29-30(32)25(41-3)16-26(42-4)31(29)33/h5,7-8,13-18H,1,6,9-12H2,2-4H3,(H,35,36)(H,37,40). The number of amides is 1. The van der Waals surface area contributed by atoms with Gasteiger partial charge < -0.3 is 29.9 Å². The number of hydrogen-bond acceptors (Lipinski definition) is 8. The number of pyridine rings is 2. The normalized spacial score (nSPS) is 13.6. The van der Waals surface area contributed by atoms with Crippen molar-refractivity contribution in [2.75, 3.05) is 62.5 Å². The zero-order valence-corrected chi connectivity index (χ0v) is 23.7. The Morgan fingerprint density at radius 2 is 1.62 bits per heavy atom. The molecule has 9 nitrogen and oxygen atoms in total. The molecule has 218 valence electrons. The Kier molecular flexibility index (Phi) is 8.48. The van der Waals surface area contributed by atoms with Crippen LogP contribution in [0.25, 0.3) is 22.0 Å². The van der Waals surface area contributed by atoms with E-state index >= 15 is 8.78 Å². The van der Waals surface area contributed by atoms with E-state index in [1.807, 2.05) is 18.2 Å². The van der Waals surface area contributed by atoms with E-state index in [1.54, 1.807) is 18.3 Å². The fourth-order valence-corrected chi connectivity index (χ4v) is 4.94. The van der Waals surface area contributed by atoms with Crippen molar-refractivity contribution in [1.82, 2.24) is 14.9 Å². The van der Waals surface area contributed by atoms with Crippen LogP contribution in [0.1, 0.15) is 6.92 Å². The van der Waals surface area contributed by atoms with Crippen molar-refractivity contribution in [3.8, 4) is 22.8 Å². The van der Waals surface area contributed by atoms with Crippen molar-refractivity contribution in [2.24, 2.45) is 0 Å². The summed E-state index contributed by atoms with van der Waals surface area (Å²) >= 11 is 0. The Morgan fingerprint density at radius 3 is 2.26 bits per heavy atom. The Morgan fingerprint density at radius 1 is 0.952 bits per heavy atom. The third kappa shape index (κ3) is 5.82. The van der Waals surface area contributed by atoms with Gasteiger partial charge in [-0.05, 0) is 43.0 Å². The molecule has 1 aliphatic heterocycles. The molecular formula is C31H32F2N6O3. The highest BCUT2D eigenvalue weighted by Gasteiger charge is 2.23. The lowest BCUT2D eigenvalue weighted by molar-refractivity contribution is -0.111. The molecule has 0 radical (unpaired) electrons. The largest absolute Gasteiger partial charge is 0.494 e. The first-order chi connectivity index (χ1) is 20.3. The van der Waals surface area contributed by atoms with E-state index in [0.717, 1.165) is 44.5 Å². The van der Waals surface area contributed by atoms with Crippen LogP contribution >= 0.6 is 0 Å². The number of piperazine rings is 1. The van der Waals surface area contributed by atoms with Gasteiger partial charge in [0, 0.05) is 61.1 Å². The third-order valence-corrected chi connectivity index (χ3v) is 7.33. The number of carbonyl (C=O) groups is 1. The minimum absolute atomic E-state index is 0.0713. The number of methoxy groups -OCH3 is 2. The second kappa shape index (κ2) is 12.4. The number of carbonyl (C=O) groups excluding carboxylic acids is 1. The molecule has 1 amide bonds. The fourth-order valence-electron chi connectivity index (χ4n) is 4.94. The van der Waals surface area contributed by atoms with E-state index < -0.39 is 11.6 Å². The molecule has 0 aliphatic carbocycles. The van der Waals surface area contributed by atoms with Gasteiger partial charge >= 0.3 is 0 Å². The highest BCUT2D eigenvalue weighted by molar-refractivity contribution is 6.02. The second-order valence-corrected chi connectivity index (χ2v) is 9.74. The van der Waals surface area contributed by atoms with E-state index in [0.29, 0.717) is 28.0 Å². The number of hydrogen-bond donors (Lipinski definition) is 2. The quantitative estimate of drug-likeness (QED) is 0.250. The summed E-state index contributed by atoms with van der Waals surface area (Å²) in [6, 6.07) is 10.3. The van der Waals surface area contributed by atoms with Gasteiger partial charge in [-0.25, -0.2) is 13.8 Å². The molecular weight excluding hydrogens is 542 g/mol. The molecule has 42 heavy (non-hydrogen) atoms. The Hall–Kier alpha value is -4.77. The first-order valence-electron chi connectivity index (χ1n) is 13.5. The third-order valence-electron chi connectivity index (χ3n) is 7.33. The van der Waals surface area contributed by atoms with E-state index in [4.69, 9.17) is 9.47 Å². The maximum Gasteiger partial charge on any atom is 0.247 e. The average molecular weight is 575 g/mol. The number of rotatable bonds is 9. The van der Waals surface area contributed by atoms with Crippen molar-refractivity contribution in [1.29, 1.82) is 0 Å². The number of nitrogens with one attached hydrogen (secondary N) is 2. The topological polar surface area (TPSA) is 91.9 Å². The van der Waals surface area contributed by atoms with Crippen LogP contribution in [0.15, 0.2) is 61.4 Å². The number of aromatic nitrogens is 2. The predicted molar refractivity (Wildman–Crippen MR) is 161 cm³/mol. The van der Waals surface area contributed by atoms with Gasteiger partial charge in [-0.3, -0.25) is 9.78 Å². The van der Waals surface area contributed by atoms with Gasteiger partial charge in [0.1, 0.15) is 5.82 Å². The van der Waals surface area contributed by atoms with Crippen molar-refractivity contribution < 1.29 is 23.0 Å². The highest BCUT2D eigenvalue weighted by atomic mass is 19.1. The zero-order valence-electron chi connectivity index (χ0n) is 23.7. The van der Waals surface area contributed by atoms with Crippen LogP contribution in [0.2, 0.25) is 0 Å². The van der Waals surface area contributed by atoms with Crippen LogP contribution in [0.5, 0.6) is 11.5 Å². The second-order valence-electron chi connectivity index (χ2n) is 9.74. The van der Waals surface area contributed by atoms with Gasteiger partial charge in [-0.15, -0.1) is 0 Å². The number of benzene rings is 2. The molecule has 2 N–H and O–H groups in total. The lowest BCUT2D eigenvalue weighted by Crippen LogP contribution is -2.46. The van der Waals surface area contributed by atoms with Crippen LogP contribution in [-0.2, 0) is 4.79 Å². The average Bonchev–Trinajstić information content (AvgIpc) is 3.02. The number of likely N-dealkylation sites (N-methyl/N-ethyl adjacent to an activating group) is 1. The van der Waals surface area contributed by atoms with Gasteiger partial charge in [0.2, 0.25) is 5.91 Å². The van der Waals surface area contributed by atoms with Gasteiger partial charge in [0.25, 0.3) is 0 Å². The first-order valence-corrected chi connectivity index (χ1v) is 13.5. The fraction of sp³-hybridized carbons (Fsp3) is 0.258. The van der Waals surface area contributed by atoms with Gasteiger partial charge in [-0.1, -0.05) is 13.5 Å². The summed E-state index contributed by atoms with van der Waals surface area (Å²) in [5.41, 5.74) is 1.96. The van der Waals surface area contributed by atoms with E-state index in [-0.39, 0.29) is 28.7 Å². The Balaban J connectivity index is 1.44. The molecule has 1 aliphatic rings. The van der Waals surface area contributed by atoms with Gasteiger partial charge in [-0.2, -0.15) is 0 Å². The maximum atomic E-state index is 15.0. The molecule has 0 bridgehead atoms. The molecule has 5 rings (SSSR count). The van der Waals surface area contributed by atoms with Crippen molar-refractivity contribution >= 4 is 39.6 Å². The molecule has 0 saturated carbocycles. The molecule has 11 heteroatoms. The molecule has 1 fully saturated rings. The number of anilines is 4. The van der Waals surface area contributed by atoms with Crippen LogP contribution in [0.3, 0.4) is 0 Å². The molecule has 3 heterocycles. The zero-order chi connectivity index (χ0) is 29.8. The van der Waals surface area contributed by atoms with Crippen molar-refractivity contribution in [3.63, 3.8) is 0 Å². The lowest BCUT2D eigenvalue weighted by atomic mass is 10.1. The van der Waals surface area contributed by atoms with Gasteiger partial charge in [0.05, 0.1) is 36.9 Å². The van der Waals surface area contributed by atoms with E-state index in [2.05, 4.69) is 43.9 Å². The van der Waals surface area contributed by atoms with Crippen LogP contribution < -0.4 is 25.0 Å². The monoisotopic (exact) mass is 574 g/mol. The summed E-state index contributed by atoms with van der Waals surface area (Å²) < 4.78 is 40.2. The first kappa shape index (κ1) is 28.7. The molecule has 2 aromatic heterocycles. The summed E-state index contributed by atoms with van der Waals surface area (Å²) in [5.74, 6) is -1.90. The Bertz CT molecular complexity index is 1610. The Labute approximate surface area is 242 Å². The molecule has 0 atom stereocenters. The number of halogens is 2. The van der Waals surface area contributed by atoms with Crippen molar-refractivity contribution in [2.45, 2.75) is 6.92 Å². The molecule has 4 aromatic rings. The number of ether oxygens (including phenoxy) is 2. The summed E-state index contributed by atoms with van der Waals surface area (Å²) in [4.78, 5) is 25.7. The number of fused-ring (bicyclic) bond motifs is 1. The van der Waals surface area contributed by atoms with Crippen molar-refractivity contribution in [3.05, 3.63) is 73.1 Å². The van der Waals surface area contributed by atoms with Gasteiger partial charge in [0.15, 0.2) is 23.1 Å². The van der Waals surface area contributed by atoms with Crippen LogP contribution in [0, 0.1) is 11.6 Å². The minimum atomic E-state index is -0.876. The smallest absolute Gasteiger partial charge is 0.247 e. The molecule has 2 aromatic carbocycles. The van der Waals surface area contributed by atoms with Crippen LogP contribution in [0.4, 0.5) is 31.7 Å². The van der Waals surface area contributed by atoms with Crippen LogP contribution in [-0.4, -0.2) is 67.7 Å². The summed E-state index contributed by atoms with van der Waals surface area (Å²) in [7, 11) is 2.59.